The molecule has 1 aromatic heterocycles. The molecule has 0 spiro atoms. The maximum absolute atomic E-state index is 6.52. The van der Waals surface area contributed by atoms with Crippen LogP contribution < -0.4 is 10.4 Å². The first kappa shape index (κ1) is 17.8. The van der Waals surface area contributed by atoms with Gasteiger partial charge in [0.05, 0.1) is 0 Å². The van der Waals surface area contributed by atoms with Crippen LogP contribution in [0.25, 0.3) is 0 Å². The predicted octanol–water partition coefficient (Wildman–Crippen LogP) is 4.32. The van der Waals surface area contributed by atoms with Gasteiger partial charge in [0.25, 0.3) is 0 Å². The Hall–Kier alpha value is -1.04. The van der Waals surface area contributed by atoms with Crippen molar-refractivity contribution in [3.8, 4) is 0 Å². The van der Waals surface area contributed by atoms with Crippen LogP contribution in [0.5, 0.6) is 0 Å². The molecule has 0 amide bonds. The number of nitrogens with zero attached hydrogens (tertiary/aromatic N) is 3. The number of benzene rings is 2. The molecule has 0 aliphatic heterocycles. The van der Waals surface area contributed by atoms with Crippen molar-refractivity contribution in [2.24, 2.45) is 0 Å². The van der Waals surface area contributed by atoms with Crippen LogP contribution in [-0.4, -0.2) is 22.8 Å². The van der Waals surface area contributed by atoms with Crippen LogP contribution in [0.2, 0.25) is 26.6 Å². The third-order valence-electron chi connectivity index (χ3n) is 4.00. The Bertz CT molecular complexity index is 816. The maximum atomic E-state index is 6.52. The predicted molar refractivity (Wildman–Crippen MR) is 104 cm³/mol. The van der Waals surface area contributed by atoms with Crippen molar-refractivity contribution in [1.29, 1.82) is 0 Å². The molecule has 3 aromatic rings. The minimum Gasteiger partial charge on any atom is -0.255 e. The van der Waals surface area contributed by atoms with Gasteiger partial charge < -0.3 is 0 Å². The molecule has 0 unspecified atom stereocenters. The lowest BCUT2D eigenvalue weighted by Crippen LogP contribution is -2.60. The summed E-state index contributed by atoms with van der Waals surface area (Å²) >= 11 is 25.2. The summed E-state index contributed by atoms with van der Waals surface area (Å²) < 4.78 is 1.81. The summed E-state index contributed by atoms with van der Waals surface area (Å²) in [6.07, 6.45) is 3.86. The number of hydrogen-bond donors (Lipinski definition) is 0. The highest BCUT2D eigenvalue weighted by Gasteiger charge is 2.36. The first-order chi connectivity index (χ1) is 11.4. The van der Waals surface area contributed by atoms with E-state index in [2.05, 4.69) is 16.6 Å². The van der Waals surface area contributed by atoms with Gasteiger partial charge in [0.15, 0.2) is 0 Å². The van der Waals surface area contributed by atoms with Gasteiger partial charge in [0.2, 0.25) is 0 Å². The Morgan fingerprint density at radius 1 is 0.917 bits per heavy atom. The summed E-state index contributed by atoms with van der Waals surface area (Å²) in [4.78, 5) is 4.03. The molecule has 124 valence electrons. The van der Waals surface area contributed by atoms with Crippen molar-refractivity contribution >= 4 is 64.9 Å². The van der Waals surface area contributed by atoms with Gasteiger partial charge in [-0.25, -0.2) is 4.98 Å². The molecule has 1 heterocycles. The van der Waals surface area contributed by atoms with Gasteiger partial charge >= 0.3 is 0 Å². The fourth-order valence-electron chi connectivity index (χ4n) is 2.83. The Morgan fingerprint density at radius 3 is 1.88 bits per heavy atom. The fourth-order valence-corrected chi connectivity index (χ4v) is 8.44. The normalized spacial score (nSPS) is 11.7. The topological polar surface area (TPSA) is 30.7 Å². The summed E-state index contributed by atoms with van der Waals surface area (Å²) in [5.41, 5.74) is 0. The van der Waals surface area contributed by atoms with E-state index in [1.165, 1.54) is 6.33 Å². The van der Waals surface area contributed by atoms with Crippen molar-refractivity contribution < 1.29 is 0 Å². The second-order valence-corrected chi connectivity index (χ2v) is 11.4. The number of rotatable bonds is 4. The lowest BCUT2D eigenvalue weighted by molar-refractivity contribution is 0.727. The highest BCUT2D eigenvalue weighted by molar-refractivity contribution is 7.02. The van der Waals surface area contributed by atoms with Gasteiger partial charge in [-0.3, -0.25) is 4.68 Å². The summed E-state index contributed by atoms with van der Waals surface area (Å²) in [5.74, 6) is 0. The van der Waals surface area contributed by atoms with Crippen molar-refractivity contribution in [3.63, 3.8) is 0 Å². The minimum absolute atomic E-state index is 0.600. The lowest BCUT2D eigenvalue weighted by Gasteiger charge is -2.30. The maximum Gasteiger partial charge on any atom is 0.141 e. The van der Waals surface area contributed by atoms with E-state index in [1.54, 1.807) is 18.5 Å². The molecule has 0 fully saturated rings. The van der Waals surface area contributed by atoms with Crippen LogP contribution in [0.15, 0.2) is 49.1 Å². The summed E-state index contributed by atoms with van der Waals surface area (Å²) in [7, 11) is -2.36. The van der Waals surface area contributed by atoms with E-state index in [1.807, 2.05) is 28.9 Å². The van der Waals surface area contributed by atoms with Crippen molar-refractivity contribution in [3.05, 3.63) is 69.1 Å². The molecule has 0 aliphatic rings. The van der Waals surface area contributed by atoms with Crippen molar-refractivity contribution in [1.82, 2.24) is 14.8 Å². The highest BCUT2D eigenvalue weighted by Crippen LogP contribution is 2.23. The zero-order chi connectivity index (χ0) is 17.3. The molecule has 0 saturated heterocycles. The Labute approximate surface area is 161 Å². The average molecular weight is 417 g/mol. The summed E-state index contributed by atoms with van der Waals surface area (Å²) in [5, 5.41) is 8.77. The molecule has 3 nitrogen and oxygen atoms in total. The molecular weight excluding hydrogens is 404 g/mol. The van der Waals surface area contributed by atoms with E-state index in [4.69, 9.17) is 46.4 Å². The van der Waals surface area contributed by atoms with Gasteiger partial charge in [-0.2, -0.15) is 5.10 Å². The molecule has 2 aromatic carbocycles. The molecule has 0 radical (unpaired) electrons. The molecule has 3 rings (SSSR count). The van der Waals surface area contributed by atoms with Crippen LogP contribution in [0, 0.1) is 0 Å². The Balaban J connectivity index is 2.20. The standard InChI is InChI=1S/C16H13Cl4N3Si/c1-24(10-23-9-21-8-22-23,15-4-2-11(17)6-13(15)19)16-5-3-12(18)7-14(16)20/h2-9H,10H2,1H3. The second-order valence-electron chi connectivity index (χ2n) is 5.67. The van der Waals surface area contributed by atoms with E-state index in [-0.39, 0.29) is 0 Å². The van der Waals surface area contributed by atoms with Gasteiger partial charge in [-0.15, -0.1) is 0 Å². The van der Waals surface area contributed by atoms with E-state index >= 15 is 0 Å². The molecule has 8 heteroatoms. The van der Waals surface area contributed by atoms with E-state index in [0.717, 1.165) is 10.4 Å². The van der Waals surface area contributed by atoms with Gasteiger partial charge in [-0.1, -0.05) is 65.1 Å². The third-order valence-corrected chi connectivity index (χ3v) is 9.61. The summed E-state index contributed by atoms with van der Waals surface area (Å²) in [6.45, 7) is 2.19. The fraction of sp³-hybridized carbons (Fsp3) is 0.125. The first-order valence-electron chi connectivity index (χ1n) is 7.13. The van der Waals surface area contributed by atoms with Gasteiger partial charge in [0.1, 0.15) is 20.7 Å². The van der Waals surface area contributed by atoms with Crippen LogP contribution in [-0.2, 0) is 6.17 Å². The van der Waals surface area contributed by atoms with Gasteiger partial charge in [-0.05, 0) is 34.6 Å². The quantitative estimate of drug-likeness (QED) is 0.592. The second kappa shape index (κ2) is 7.06. The zero-order valence-electron chi connectivity index (χ0n) is 12.7. The number of hydrogen-bond acceptors (Lipinski definition) is 2. The molecule has 0 aliphatic carbocycles. The first-order valence-corrected chi connectivity index (χ1v) is 11.4. The van der Waals surface area contributed by atoms with Crippen LogP contribution in [0.4, 0.5) is 0 Å². The summed E-state index contributed by atoms with van der Waals surface area (Å²) in [6, 6.07) is 11.2. The van der Waals surface area contributed by atoms with E-state index in [0.29, 0.717) is 26.3 Å². The van der Waals surface area contributed by atoms with Crippen molar-refractivity contribution in [2.75, 3.05) is 0 Å². The molecule has 0 saturated carbocycles. The zero-order valence-corrected chi connectivity index (χ0v) is 16.7. The number of halogens is 4. The van der Waals surface area contributed by atoms with Crippen LogP contribution >= 0.6 is 46.4 Å². The van der Waals surface area contributed by atoms with Crippen molar-refractivity contribution in [2.45, 2.75) is 12.7 Å². The lowest BCUT2D eigenvalue weighted by atomic mass is 10.3. The minimum atomic E-state index is -2.36. The highest BCUT2D eigenvalue weighted by atomic mass is 35.5. The SMILES string of the molecule is C[Si](Cn1cncn1)(c1ccc(Cl)cc1Cl)c1ccc(Cl)cc1Cl. The van der Waals surface area contributed by atoms with E-state index < -0.39 is 8.07 Å². The molecule has 24 heavy (non-hydrogen) atoms. The average Bonchev–Trinajstić information content (AvgIpc) is 2.99. The van der Waals surface area contributed by atoms with E-state index in [9.17, 15) is 0 Å². The third kappa shape index (κ3) is 3.48. The molecule has 0 N–H and O–H groups in total. The smallest absolute Gasteiger partial charge is 0.141 e. The number of aromatic nitrogens is 3. The molecular formula is C16H13Cl4N3Si. The largest absolute Gasteiger partial charge is 0.255 e. The Kier molecular flexibility index (Phi) is 5.23. The van der Waals surface area contributed by atoms with Gasteiger partial charge in [0, 0.05) is 26.3 Å². The Morgan fingerprint density at radius 2 is 1.46 bits per heavy atom. The molecule has 0 atom stereocenters. The monoisotopic (exact) mass is 415 g/mol. The van der Waals surface area contributed by atoms with Crippen LogP contribution in [0.1, 0.15) is 0 Å². The molecule has 0 bridgehead atoms. The van der Waals surface area contributed by atoms with Crippen LogP contribution in [0.3, 0.4) is 0 Å².